The van der Waals surface area contributed by atoms with Crippen LogP contribution in [0.5, 0.6) is 0 Å². The number of hydrogen-bond acceptors (Lipinski definition) is 5. The summed E-state index contributed by atoms with van der Waals surface area (Å²) in [7, 11) is 0. The molecule has 0 radical (unpaired) electrons. The van der Waals surface area contributed by atoms with Gasteiger partial charge < -0.3 is 10.4 Å². The number of nitrogens with one attached hydrogen (secondary N) is 1. The molecule has 10 heteroatoms. The van der Waals surface area contributed by atoms with E-state index in [0.717, 1.165) is 18.5 Å². The number of benzene rings is 1. The number of alkyl halides is 3. The van der Waals surface area contributed by atoms with E-state index >= 15 is 0 Å². The van der Waals surface area contributed by atoms with Gasteiger partial charge in [-0.1, -0.05) is 12.1 Å². The van der Waals surface area contributed by atoms with Crippen LogP contribution in [-0.4, -0.2) is 28.7 Å². The number of rotatable bonds is 2. The summed E-state index contributed by atoms with van der Waals surface area (Å²) in [6, 6.07) is 9.11. The molecule has 1 atom stereocenters. The van der Waals surface area contributed by atoms with Gasteiger partial charge in [0.1, 0.15) is 0 Å². The fraction of sp³-hybridized carbons (Fsp3) is 0.267. The van der Waals surface area contributed by atoms with Crippen LogP contribution in [0, 0.1) is 10.1 Å². The molecule has 1 aromatic heterocycles. The molecular formula is C15H13F3N2O4S. The molecule has 134 valence electrons. The van der Waals surface area contributed by atoms with Crippen molar-refractivity contribution in [2.75, 3.05) is 6.54 Å². The number of carboxylic acids is 1. The van der Waals surface area contributed by atoms with Gasteiger partial charge in [0.05, 0.1) is 11.0 Å². The third-order valence-electron chi connectivity index (χ3n) is 3.47. The number of fused-ring (bicyclic) bond motifs is 1. The molecule has 0 aliphatic carbocycles. The summed E-state index contributed by atoms with van der Waals surface area (Å²) in [6.45, 7) is 0.954. The Morgan fingerprint density at radius 1 is 1.28 bits per heavy atom. The molecule has 0 amide bonds. The van der Waals surface area contributed by atoms with Gasteiger partial charge in [-0.05, 0) is 29.0 Å². The second-order valence-electron chi connectivity index (χ2n) is 5.09. The van der Waals surface area contributed by atoms with Gasteiger partial charge in [0.2, 0.25) is 0 Å². The standard InChI is InChI=1S/C13H12N2O2S.C2HF3O2/c16-15(17)10-3-1-9(2-4-10)13-11-6-8-18-12(11)5-7-14-13;3-2(4,5)1(6)7/h1-4,6,8,13-14H,5,7H2;(H,6,7). The highest BCUT2D eigenvalue weighted by Gasteiger charge is 2.38. The summed E-state index contributed by atoms with van der Waals surface area (Å²) in [4.78, 5) is 20.6. The highest BCUT2D eigenvalue weighted by Crippen LogP contribution is 2.32. The van der Waals surface area contributed by atoms with Crippen molar-refractivity contribution < 1.29 is 28.0 Å². The van der Waals surface area contributed by atoms with Gasteiger partial charge in [-0.25, -0.2) is 4.79 Å². The van der Waals surface area contributed by atoms with E-state index in [4.69, 9.17) is 9.90 Å². The molecule has 0 bridgehead atoms. The second-order valence-corrected chi connectivity index (χ2v) is 6.09. The molecule has 2 heterocycles. The van der Waals surface area contributed by atoms with Crippen molar-refractivity contribution in [1.82, 2.24) is 5.32 Å². The first-order chi connectivity index (χ1) is 11.7. The van der Waals surface area contributed by atoms with Crippen molar-refractivity contribution in [2.24, 2.45) is 0 Å². The lowest BCUT2D eigenvalue weighted by molar-refractivity contribution is -0.384. The van der Waals surface area contributed by atoms with Crippen LogP contribution in [0.25, 0.3) is 0 Å². The minimum absolute atomic E-state index is 0.139. The number of halogens is 3. The molecule has 3 rings (SSSR count). The number of non-ortho nitro benzene ring substituents is 1. The van der Waals surface area contributed by atoms with E-state index in [9.17, 15) is 23.3 Å². The molecule has 1 aliphatic heterocycles. The Morgan fingerprint density at radius 3 is 2.40 bits per heavy atom. The van der Waals surface area contributed by atoms with Gasteiger partial charge >= 0.3 is 12.1 Å². The number of aliphatic carboxylic acids is 1. The summed E-state index contributed by atoms with van der Waals surface area (Å²) >= 11 is 1.78. The average Bonchev–Trinajstić information content (AvgIpc) is 3.03. The van der Waals surface area contributed by atoms with Gasteiger partial charge in [-0.2, -0.15) is 13.2 Å². The first kappa shape index (κ1) is 18.9. The van der Waals surface area contributed by atoms with E-state index in [1.54, 1.807) is 23.5 Å². The van der Waals surface area contributed by atoms with Crippen molar-refractivity contribution in [2.45, 2.75) is 18.6 Å². The Kier molecular flexibility index (Phi) is 5.75. The van der Waals surface area contributed by atoms with Crippen LogP contribution in [0.4, 0.5) is 18.9 Å². The van der Waals surface area contributed by atoms with E-state index in [1.165, 1.54) is 10.4 Å². The lowest BCUT2D eigenvalue weighted by Crippen LogP contribution is -2.29. The maximum atomic E-state index is 10.6. The highest BCUT2D eigenvalue weighted by molar-refractivity contribution is 7.10. The number of hydrogen-bond donors (Lipinski definition) is 2. The molecule has 1 aliphatic rings. The van der Waals surface area contributed by atoms with Gasteiger partial charge in [-0.15, -0.1) is 11.3 Å². The molecule has 0 spiro atoms. The maximum Gasteiger partial charge on any atom is 0.490 e. The minimum Gasteiger partial charge on any atom is -0.475 e. The van der Waals surface area contributed by atoms with Gasteiger partial charge in [0.15, 0.2) is 0 Å². The second kappa shape index (κ2) is 7.62. The molecule has 0 saturated carbocycles. The lowest BCUT2D eigenvalue weighted by atomic mass is 9.95. The van der Waals surface area contributed by atoms with E-state index in [1.807, 2.05) is 12.1 Å². The van der Waals surface area contributed by atoms with Crippen molar-refractivity contribution in [3.05, 3.63) is 61.8 Å². The summed E-state index contributed by atoms with van der Waals surface area (Å²) in [5, 5.41) is 23.3. The molecule has 2 N–H and O–H groups in total. The quantitative estimate of drug-likeness (QED) is 0.620. The van der Waals surface area contributed by atoms with Crippen LogP contribution >= 0.6 is 11.3 Å². The maximum absolute atomic E-state index is 10.6. The highest BCUT2D eigenvalue weighted by atomic mass is 32.1. The Morgan fingerprint density at radius 2 is 1.88 bits per heavy atom. The van der Waals surface area contributed by atoms with E-state index in [0.29, 0.717) is 0 Å². The third kappa shape index (κ3) is 4.77. The van der Waals surface area contributed by atoms with Crippen LogP contribution < -0.4 is 5.32 Å². The zero-order chi connectivity index (χ0) is 18.6. The van der Waals surface area contributed by atoms with Gasteiger partial charge in [0, 0.05) is 23.6 Å². The predicted molar refractivity (Wildman–Crippen MR) is 84.7 cm³/mol. The summed E-state index contributed by atoms with van der Waals surface area (Å²) in [5.74, 6) is -2.76. The summed E-state index contributed by atoms with van der Waals surface area (Å²) < 4.78 is 31.7. The molecule has 0 fully saturated rings. The lowest BCUT2D eigenvalue weighted by Gasteiger charge is -2.24. The molecule has 25 heavy (non-hydrogen) atoms. The van der Waals surface area contributed by atoms with Crippen LogP contribution in [0.1, 0.15) is 22.0 Å². The summed E-state index contributed by atoms with van der Waals surface area (Å²) in [5.41, 5.74) is 2.53. The smallest absolute Gasteiger partial charge is 0.475 e. The molecule has 2 aromatic rings. The SMILES string of the molecule is O=C(O)C(F)(F)F.O=[N+]([O-])c1ccc(C2NCCc3sccc32)cc1. The largest absolute Gasteiger partial charge is 0.490 e. The number of thiophene rings is 1. The zero-order valence-electron chi connectivity index (χ0n) is 12.6. The van der Waals surface area contributed by atoms with Crippen molar-refractivity contribution in [3.63, 3.8) is 0 Å². The molecule has 6 nitrogen and oxygen atoms in total. The van der Waals surface area contributed by atoms with E-state index in [2.05, 4.69) is 16.8 Å². The first-order valence-corrected chi connectivity index (χ1v) is 7.92. The number of nitro benzene ring substituents is 1. The van der Waals surface area contributed by atoms with Crippen LogP contribution in [-0.2, 0) is 11.2 Å². The fourth-order valence-electron chi connectivity index (χ4n) is 2.34. The molecule has 0 saturated heterocycles. The molecular weight excluding hydrogens is 361 g/mol. The normalized spacial score (nSPS) is 16.4. The minimum atomic E-state index is -5.08. The predicted octanol–water partition coefficient (Wildman–Crippen LogP) is 3.52. The third-order valence-corrected chi connectivity index (χ3v) is 4.47. The number of carboxylic acid groups (broad SMARTS) is 1. The summed E-state index contributed by atoms with van der Waals surface area (Å²) in [6.07, 6.45) is -4.02. The van der Waals surface area contributed by atoms with E-state index < -0.39 is 12.1 Å². The van der Waals surface area contributed by atoms with Crippen LogP contribution in [0.15, 0.2) is 35.7 Å². The van der Waals surface area contributed by atoms with Crippen LogP contribution in [0.2, 0.25) is 0 Å². The fourth-order valence-corrected chi connectivity index (χ4v) is 3.26. The average molecular weight is 374 g/mol. The number of nitro groups is 1. The number of carbonyl (C=O) groups is 1. The first-order valence-electron chi connectivity index (χ1n) is 7.04. The van der Waals surface area contributed by atoms with Crippen molar-refractivity contribution >= 4 is 23.0 Å². The zero-order valence-corrected chi connectivity index (χ0v) is 13.4. The van der Waals surface area contributed by atoms with E-state index in [-0.39, 0.29) is 16.7 Å². The topological polar surface area (TPSA) is 92.5 Å². The molecule has 1 unspecified atom stereocenters. The van der Waals surface area contributed by atoms with Gasteiger partial charge in [0.25, 0.3) is 5.69 Å². The van der Waals surface area contributed by atoms with Crippen molar-refractivity contribution in [3.8, 4) is 0 Å². The van der Waals surface area contributed by atoms with Crippen LogP contribution in [0.3, 0.4) is 0 Å². The molecule has 1 aromatic carbocycles. The Balaban J connectivity index is 0.000000277. The van der Waals surface area contributed by atoms with Crippen molar-refractivity contribution in [1.29, 1.82) is 0 Å². The number of nitrogens with zero attached hydrogens (tertiary/aromatic N) is 1. The Labute approximate surface area is 144 Å². The monoisotopic (exact) mass is 374 g/mol. The Bertz CT molecular complexity index is 759. The van der Waals surface area contributed by atoms with Gasteiger partial charge in [-0.3, -0.25) is 10.1 Å². The Hall–Kier alpha value is -2.46.